The second kappa shape index (κ2) is 39.1. The lowest BCUT2D eigenvalue weighted by atomic mass is 9.97. The average Bonchev–Trinajstić information content (AvgIpc) is 3.42. The van der Waals surface area contributed by atoms with Crippen LogP contribution in [0, 0.1) is 0 Å². The minimum atomic E-state index is -1.48. The first kappa shape index (κ1) is 75.5. The lowest BCUT2D eigenvalue weighted by Crippen LogP contribution is -2.64. The number of carbonyl (C=O) groups is 3. The van der Waals surface area contributed by atoms with Gasteiger partial charge in [0.25, 0.3) is 0 Å². The molecule has 31 nitrogen and oxygen atoms in total. The number of aliphatic hydroxyl groups is 19. The maximum atomic E-state index is 11.3. The summed E-state index contributed by atoms with van der Waals surface area (Å²) in [5.74, 6) is -0.188. The van der Waals surface area contributed by atoms with Crippen LogP contribution in [0.4, 0.5) is 0 Å². The monoisotopic (exact) mass is 1210 g/mol. The molecule has 25 atom stereocenters. The number of thiol groups is 3. The zero-order valence-corrected chi connectivity index (χ0v) is 46.5. The SMILES string of the molecule is CCCC(=O)NC1C(O)OC(CO)[C@@H](O)[C@@H]1O.CCCCO[C@@H]1OC(CO)[C@H](O)[C@H](O)C1O.C[C@H]1OC(CS)[C@H](O)[C@H](O)C1O.O=C(CCS)NC1C(O)OC(CO)[C@@H](O)[C@@H]1O.O=C(CCS)NC1C(O)OC(CO)[C@H](O)[C@@H]1O. The van der Waals surface area contributed by atoms with Crippen LogP contribution in [0.15, 0.2) is 0 Å². The van der Waals surface area contributed by atoms with Crippen LogP contribution >= 0.6 is 37.9 Å². The number of hydrogen-bond donors (Lipinski definition) is 25. The second-order valence-electron chi connectivity index (χ2n) is 18.6. The van der Waals surface area contributed by atoms with E-state index in [0.29, 0.717) is 30.3 Å². The predicted molar refractivity (Wildman–Crippen MR) is 278 cm³/mol. The molecule has 0 bridgehead atoms. The Bertz CT molecular complexity index is 1560. The van der Waals surface area contributed by atoms with Crippen molar-refractivity contribution in [2.75, 3.05) is 50.3 Å². The molecule has 5 fully saturated rings. The number of nitrogens with one attached hydrogen (secondary N) is 3. The fourth-order valence-corrected chi connectivity index (χ4v) is 8.51. The van der Waals surface area contributed by atoms with Crippen LogP contribution in [0.1, 0.15) is 59.3 Å². The Morgan fingerprint density at radius 3 is 1.08 bits per heavy atom. The van der Waals surface area contributed by atoms with Gasteiger partial charge in [0.05, 0.1) is 38.6 Å². The molecule has 5 aliphatic rings. The van der Waals surface area contributed by atoms with E-state index >= 15 is 0 Å². The number of amides is 3. The summed E-state index contributed by atoms with van der Waals surface area (Å²) in [6.07, 6.45) is -23.0. The molecule has 13 unspecified atom stereocenters. The van der Waals surface area contributed by atoms with E-state index in [9.17, 15) is 91.0 Å². The van der Waals surface area contributed by atoms with E-state index in [1.807, 2.05) is 13.8 Å². The van der Waals surface area contributed by atoms with Crippen LogP contribution in [-0.4, -0.2) is 318 Å². The molecule has 0 aliphatic carbocycles. The van der Waals surface area contributed by atoms with Crippen molar-refractivity contribution in [2.45, 2.75) is 212 Å². The molecule has 5 rings (SSSR count). The molecule has 22 N–H and O–H groups in total. The van der Waals surface area contributed by atoms with Gasteiger partial charge in [-0.05, 0) is 31.3 Å². The van der Waals surface area contributed by atoms with Crippen molar-refractivity contribution in [3.8, 4) is 0 Å². The van der Waals surface area contributed by atoms with E-state index < -0.39 is 191 Å². The van der Waals surface area contributed by atoms with Crippen molar-refractivity contribution in [3.05, 3.63) is 0 Å². The third kappa shape index (κ3) is 23.4. The Morgan fingerprint density at radius 1 is 0.418 bits per heavy atom. The van der Waals surface area contributed by atoms with Gasteiger partial charge in [-0.2, -0.15) is 37.9 Å². The lowest BCUT2D eigenvalue weighted by Gasteiger charge is -2.40. The minimum absolute atomic E-state index is 0.124. The van der Waals surface area contributed by atoms with E-state index in [0.717, 1.165) is 12.8 Å². The Hall–Kier alpha value is -1.54. The van der Waals surface area contributed by atoms with Gasteiger partial charge >= 0.3 is 0 Å². The summed E-state index contributed by atoms with van der Waals surface area (Å²) in [4.78, 5) is 33.9. The van der Waals surface area contributed by atoms with Gasteiger partial charge in [-0.25, -0.2) is 0 Å². The molecule has 79 heavy (non-hydrogen) atoms. The van der Waals surface area contributed by atoms with Crippen molar-refractivity contribution >= 4 is 55.6 Å². The van der Waals surface area contributed by atoms with Gasteiger partial charge < -0.3 is 141 Å². The van der Waals surface area contributed by atoms with Gasteiger partial charge in [-0.1, -0.05) is 20.3 Å². The van der Waals surface area contributed by atoms with Crippen molar-refractivity contribution < 1.29 is 140 Å². The number of ether oxygens (including phenoxy) is 6. The van der Waals surface area contributed by atoms with Crippen LogP contribution in [0.25, 0.3) is 0 Å². The average molecular weight is 1210 g/mol. The summed E-state index contributed by atoms with van der Waals surface area (Å²) in [6, 6.07) is -3.34. The first-order valence-electron chi connectivity index (χ1n) is 25.5. The number of carbonyl (C=O) groups excluding carboxylic acids is 3. The van der Waals surface area contributed by atoms with Gasteiger partial charge in [0.2, 0.25) is 17.7 Å². The summed E-state index contributed by atoms with van der Waals surface area (Å²) in [5, 5.41) is 185. The molecule has 0 spiro atoms. The van der Waals surface area contributed by atoms with E-state index in [2.05, 4.69) is 53.8 Å². The Morgan fingerprint density at radius 2 is 0.747 bits per heavy atom. The molecule has 0 aromatic carbocycles. The topological polar surface area (TPSA) is 527 Å². The number of hydrogen-bond acceptors (Lipinski definition) is 31. The molecule has 34 heteroatoms. The second-order valence-corrected chi connectivity index (χ2v) is 19.9. The maximum absolute atomic E-state index is 11.3. The summed E-state index contributed by atoms with van der Waals surface area (Å²) in [7, 11) is 0. The molecule has 5 heterocycles. The van der Waals surface area contributed by atoms with Crippen LogP contribution in [0.3, 0.4) is 0 Å². The standard InChI is InChI=1S/C10H19NO6.C10H20O6.2C9H17NO6S.C7H14O4S/c1-2-3-6(13)11-7-9(15)8(14)5(4-12)17-10(7)16;1-2-3-4-15-10-9(14)8(13)7(12)6(5-11)16-10;2*11-3-4-7(13)8(14)6(9(15)16-4)10-5(12)1-2-17;1-3-5(8)7(10)6(9)4(2-12)11-3/h5,7-10,12,14-16H,2-4H2,1H3,(H,11,13);6-14H,2-5H2,1H3;2*4,6-9,11,13-15,17H,1-3H2,(H,10,12);3-10,12H,2H2,1H3/t5?,7?,8-,9-,10?;6?,7-,8-,9?,10+;4?,6?,7-,8+,9?;4?,6?,7-,8-,9?;3-,4?,5?,6+,7-/m10011/s1. The first-order chi connectivity index (χ1) is 37.2. The largest absolute Gasteiger partial charge is 0.394 e. The summed E-state index contributed by atoms with van der Waals surface area (Å²) in [6.45, 7) is 3.84. The van der Waals surface area contributed by atoms with Gasteiger partial charge in [0, 0.05) is 31.6 Å². The van der Waals surface area contributed by atoms with E-state index in [-0.39, 0.29) is 25.2 Å². The smallest absolute Gasteiger partial charge is 0.221 e. The molecule has 0 aromatic rings. The molecule has 3 amide bonds. The number of aliphatic hydroxyl groups excluding tert-OH is 19. The van der Waals surface area contributed by atoms with Crippen molar-refractivity contribution in [3.63, 3.8) is 0 Å². The molecule has 0 saturated carbocycles. The van der Waals surface area contributed by atoms with E-state index in [1.54, 1.807) is 6.92 Å². The first-order valence-corrected chi connectivity index (χ1v) is 27.4. The third-order valence-electron chi connectivity index (χ3n) is 12.6. The van der Waals surface area contributed by atoms with E-state index in [1.165, 1.54) is 0 Å². The lowest BCUT2D eigenvalue weighted by molar-refractivity contribution is -0.301. The Balaban J connectivity index is 0.000000496. The number of rotatable bonds is 18. The molecule has 0 radical (unpaired) electrons. The minimum Gasteiger partial charge on any atom is -0.394 e. The zero-order chi connectivity index (χ0) is 60.4. The molecule has 5 aliphatic heterocycles. The van der Waals surface area contributed by atoms with Crippen molar-refractivity contribution in [1.82, 2.24) is 16.0 Å². The summed E-state index contributed by atoms with van der Waals surface area (Å²) >= 11 is 11.7. The van der Waals surface area contributed by atoms with Crippen LogP contribution in [0.5, 0.6) is 0 Å². The molecular weight excluding hydrogens is 1130 g/mol. The highest BCUT2D eigenvalue weighted by atomic mass is 32.1. The quantitative estimate of drug-likeness (QED) is 0.0448. The fourth-order valence-electron chi connectivity index (χ4n) is 7.80. The van der Waals surface area contributed by atoms with E-state index in [4.69, 9.17) is 48.8 Å². The Kier molecular flexibility index (Phi) is 37.4. The van der Waals surface area contributed by atoms with Crippen molar-refractivity contribution in [2.24, 2.45) is 0 Å². The fraction of sp³-hybridized carbons (Fsp3) is 0.933. The molecular formula is C45H87N3O28S3. The Labute approximate surface area is 472 Å². The summed E-state index contributed by atoms with van der Waals surface area (Å²) < 4.78 is 30.2. The maximum Gasteiger partial charge on any atom is 0.221 e. The zero-order valence-electron chi connectivity index (χ0n) is 43.8. The summed E-state index contributed by atoms with van der Waals surface area (Å²) in [5.41, 5.74) is 0. The third-order valence-corrected chi connectivity index (χ3v) is 13.4. The normalized spacial score (nSPS) is 40.0. The van der Waals surface area contributed by atoms with Crippen LogP contribution in [0.2, 0.25) is 0 Å². The van der Waals surface area contributed by atoms with Gasteiger partial charge in [0.1, 0.15) is 116 Å². The molecule has 468 valence electrons. The highest BCUT2D eigenvalue weighted by molar-refractivity contribution is 7.80. The van der Waals surface area contributed by atoms with Gasteiger partial charge in [0.15, 0.2) is 25.2 Å². The van der Waals surface area contributed by atoms with Crippen LogP contribution in [-0.2, 0) is 42.8 Å². The predicted octanol–water partition coefficient (Wildman–Crippen LogP) is -10.5. The van der Waals surface area contributed by atoms with Crippen LogP contribution < -0.4 is 16.0 Å². The number of unbranched alkanes of at least 4 members (excludes halogenated alkanes) is 1. The van der Waals surface area contributed by atoms with Gasteiger partial charge in [-0.3, -0.25) is 14.4 Å². The van der Waals surface area contributed by atoms with Crippen molar-refractivity contribution in [1.29, 1.82) is 0 Å². The highest BCUT2D eigenvalue weighted by Gasteiger charge is 2.48. The van der Waals surface area contributed by atoms with Gasteiger partial charge in [-0.15, -0.1) is 0 Å². The molecule has 0 aromatic heterocycles. The molecule has 5 saturated heterocycles. The highest BCUT2D eigenvalue weighted by Crippen LogP contribution is 2.25.